The van der Waals surface area contributed by atoms with Crippen LogP contribution < -0.4 is 0 Å². The third kappa shape index (κ3) is 3.14. The number of amides is 1. The second-order valence-corrected chi connectivity index (χ2v) is 7.21. The Bertz CT molecular complexity index is 896. The molecule has 0 spiro atoms. The van der Waals surface area contributed by atoms with Gasteiger partial charge in [0.05, 0.1) is 11.7 Å². The van der Waals surface area contributed by atoms with Crippen LogP contribution in [0.2, 0.25) is 0 Å². The van der Waals surface area contributed by atoms with Crippen molar-refractivity contribution in [2.75, 3.05) is 6.54 Å². The van der Waals surface area contributed by atoms with E-state index in [4.69, 9.17) is 0 Å². The normalized spacial score (nSPS) is 17.8. The van der Waals surface area contributed by atoms with Crippen molar-refractivity contribution in [2.45, 2.75) is 35.2 Å². The van der Waals surface area contributed by atoms with Crippen LogP contribution in [0.15, 0.2) is 52.5 Å². The molecule has 0 bridgehead atoms. The van der Waals surface area contributed by atoms with Gasteiger partial charge >= 0.3 is 0 Å². The first-order valence-electron chi connectivity index (χ1n) is 8.37. The van der Waals surface area contributed by atoms with Gasteiger partial charge in [-0.3, -0.25) is 4.79 Å². The lowest BCUT2D eigenvalue weighted by Gasteiger charge is -2.32. The Morgan fingerprint density at radius 3 is 3.00 bits per heavy atom. The molecule has 1 N–H and O–H groups in total. The number of halogens is 1. The predicted octanol–water partition coefficient (Wildman–Crippen LogP) is 4.54. The number of benzene rings is 1. The minimum Gasteiger partial charge on any atom is -0.356 e. The zero-order valence-electron chi connectivity index (χ0n) is 13.6. The molecule has 4 nitrogen and oxygen atoms in total. The van der Waals surface area contributed by atoms with E-state index in [1.54, 1.807) is 18.3 Å². The lowest BCUT2D eigenvalue weighted by atomic mass is 10.00. The van der Waals surface area contributed by atoms with Gasteiger partial charge in [-0.05, 0) is 49.6 Å². The number of nitrogens with zero attached hydrogens (tertiary/aromatic N) is 2. The molecule has 2 aromatic heterocycles. The van der Waals surface area contributed by atoms with Crippen molar-refractivity contribution >= 4 is 29.1 Å². The van der Waals surface area contributed by atoms with Crippen molar-refractivity contribution in [3.05, 3.63) is 54.1 Å². The molecular weight excluding hydrogens is 337 g/mol. The standard InChI is InChI=1S/C19H18FN3OS/c20-13-7-8-15-14(11-13)19(25-17-6-1-3-9-21-17)18(22-15)16-5-2-4-10-23(16)12-24/h1,3,6-9,11-12,16,22H,2,4-5,10H2. The molecule has 1 aromatic carbocycles. The number of carbonyl (C=O) groups excluding carboxylic acids is 1. The molecule has 1 fully saturated rings. The molecule has 4 rings (SSSR count). The molecule has 0 saturated carbocycles. The molecule has 1 atom stereocenters. The molecule has 1 aliphatic rings. The summed E-state index contributed by atoms with van der Waals surface area (Å²) in [6, 6.07) is 10.5. The highest BCUT2D eigenvalue weighted by molar-refractivity contribution is 7.99. The number of rotatable bonds is 4. The average Bonchev–Trinajstić information content (AvgIpc) is 3.00. The predicted molar refractivity (Wildman–Crippen MR) is 96.0 cm³/mol. The Labute approximate surface area is 149 Å². The van der Waals surface area contributed by atoms with E-state index in [0.29, 0.717) is 0 Å². The molecule has 1 aliphatic heterocycles. The number of nitrogens with one attached hydrogen (secondary N) is 1. The second-order valence-electron chi connectivity index (χ2n) is 6.18. The smallest absolute Gasteiger partial charge is 0.210 e. The summed E-state index contributed by atoms with van der Waals surface area (Å²) in [5.41, 5.74) is 1.86. The fourth-order valence-corrected chi connectivity index (χ4v) is 4.45. The maximum absolute atomic E-state index is 13.8. The van der Waals surface area contributed by atoms with Crippen molar-refractivity contribution in [3.63, 3.8) is 0 Å². The highest BCUT2D eigenvalue weighted by Gasteiger charge is 2.28. The summed E-state index contributed by atoms with van der Waals surface area (Å²) >= 11 is 1.51. The van der Waals surface area contributed by atoms with Crippen LogP contribution in [0.5, 0.6) is 0 Å². The summed E-state index contributed by atoms with van der Waals surface area (Å²) in [5, 5.41) is 1.68. The fourth-order valence-electron chi connectivity index (χ4n) is 3.41. The maximum Gasteiger partial charge on any atom is 0.210 e. The summed E-state index contributed by atoms with van der Waals surface area (Å²) in [6.45, 7) is 0.756. The molecule has 1 unspecified atom stereocenters. The largest absolute Gasteiger partial charge is 0.356 e. The number of fused-ring (bicyclic) bond motifs is 1. The number of aromatic amines is 1. The van der Waals surface area contributed by atoms with E-state index < -0.39 is 0 Å². The number of hydrogen-bond acceptors (Lipinski definition) is 3. The van der Waals surface area contributed by atoms with Crippen LogP contribution in [0.4, 0.5) is 4.39 Å². The van der Waals surface area contributed by atoms with Crippen LogP contribution in [0, 0.1) is 5.82 Å². The number of pyridine rings is 1. The van der Waals surface area contributed by atoms with Crippen molar-refractivity contribution in [2.24, 2.45) is 0 Å². The summed E-state index contributed by atoms with van der Waals surface area (Å²) in [5.74, 6) is -0.267. The first-order chi connectivity index (χ1) is 12.3. The number of likely N-dealkylation sites (tertiary alicyclic amines) is 1. The molecule has 1 saturated heterocycles. The van der Waals surface area contributed by atoms with Gasteiger partial charge in [-0.1, -0.05) is 17.8 Å². The molecule has 3 heterocycles. The van der Waals surface area contributed by atoms with Gasteiger partial charge in [0.1, 0.15) is 10.8 Å². The number of piperidine rings is 1. The van der Waals surface area contributed by atoms with E-state index in [1.807, 2.05) is 23.1 Å². The second kappa shape index (κ2) is 6.88. The Hall–Kier alpha value is -2.34. The van der Waals surface area contributed by atoms with Crippen LogP contribution in [0.3, 0.4) is 0 Å². The highest BCUT2D eigenvalue weighted by Crippen LogP contribution is 2.42. The van der Waals surface area contributed by atoms with Gasteiger partial charge in [0.2, 0.25) is 6.41 Å². The molecule has 128 valence electrons. The lowest BCUT2D eigenvalue weighted by Crippen LogP contribution is -2.32. The highest BCUT2D eigenvalue weighted by atomic mass is 32.2. The molecule has 3 aromatic rings. The fraction of sp³-hybridized carbons (Fsp3) is 0.263. The van der Waals surface area contributed by atoms with E-state index in [9.17, 15) is 9.18 Å². The summed E-state index contributed by atoms with van der Waals surface area (Å²) < 4.78 is 13.8. The van der Waals surface area contributed by atoms with E-state index in [0.717, 1.165) is 58.7 Å². The van der Waals surface area contributed by atoms with Gasteiger partial charge in [0.25, 0.3) is 0 Å². The van der Waals surface area contributed by atoms with Crippen LogP contribution >= 0.6 is 11.8 Å². The van der Waals surface area contributed by atoms with Crippen LogP contribution in [-0.2, 0) is 4.79 Å². The van der Waals surface area contributed by atoms with Gasteiger partial charge in [-0.15, -0.1) is 0 Å². The molecule has 0 radical (unpaired) electrons. The number of H-pyrrole nitrogens is 1. The number of hydrogen-bond donors (Lipinski definition) is 1. The minimum absolute atomic E-state index is 0.00655. The van der Waals surface area contributed by atoms with Gasteiger partial charge in [-0.25, -0.2) is 9.37 Å². The molecule has 1 amide bonds. The molecule has 0 aliphatic carbocycles. The van der Waals surface area contributed by atoms with Gasteiger partial charge in [-0.2, -0.15) is 0 Å². The Morgan fingerprint density at radius 2 is 2.20 bits per heavy atom. The lowest BCUT2D eigenvalue weighted by molar-refractivity contribution is -0.121. The van der Waals surface area contributed by atoms with Gasteiger partial charge < -0.3 is 9.88 Å². The quantitative estimate of drug-likeness (QED) is 0.699. The Balaban J connectivity index is 1.84. The third-order valence-electron chi connectivity index (χ3n) is 4.60. The van der Waals surface area contributed by atoms with Crippen molar-refractivity contribution in [1.29, 1.82) is 0 Å². The summed E-state index contributed by atoms with van der Waals surface area (Å²) in [6.07, 6.45) is 5.67. The SMILES string of the molecule is O=CN1CCCCC1c1[nH]c2ccc(F)cc2c1Sc1ccccn1. The maximum atomic E-state index is 13.8. The van der Waals surface area contributed by atoms with E-state index in [1.165, 1.54) is 17.8 Å². The van der Waals surface area contributed by atoms with Crippen LogP contribution in [0.1, 0.15) is 31.0 Å². The third-order valence-corrected chi connectivity index (χ3v) is 5.69. The molecule has 25 heavy (non-hydrogen) atoms. The van der Waals surface area contributed by atoms with Crippen molar-refractivity contribution in [3.8, 4) is 0 Å². The topological polar surface area (TPSA) is 49.0 Å². The molecular formula is C19H18FN3OS. The van der Waals surface area contributed by atoms with E-state index >= 15 is 0 Å². The van der Waals surface area contributed by atoms with E-state index in [-0.39, 0.29) is 11.9 Å². The Kier molecular flexibility index (Phi) is 4.44. The summed E-state index contributed by atoms with van der Waals surface area (Å²) in [4.78, 5) is 22.1. The van der Waals surface area contributed by atoms with Crippen molar-refractivity contribution < 1.29 is 9.18 Å². The van der Waals surface area contributed by atoms with Gasteiger partial charge in [0, 0.05) is 28.5 Å². The zero-order chi connectivity index (χ0) is 17.2. The number of carbonyl (C=O) groups is 1. The Morgan fingerprint density at radius 1 is 1.28 bits per heavy atom. The number of aromatic nitrogens is 2. The average molecular weight is 355 g/mol. The first kappa shape index (κ1) is 16.1. The monoisotopic (exact) mass is 355 g/mol. The van der Waals surface area contributed by atoms with Crippen LogP contribution in [0.25, 0.3) is 10.9 Å². The molecule has 6 heteroatoms. The van der Waals surface area contributed by atoms with E-state index in [2.05, 4.69) is 9.97 Å². The minimum atomic E-state index is -0.267. The first-order valence-corrected chi connectivity index (χ1v) is 9.19. The van der Waals surface area contributed by atoms with Crippen molar-refractivity contribution in [1.82, 2.24) is 14.9 Å². The summed E-state index contributed by atoms with van der Waals surface area (Å²) in [7, 11) is 0. The zero-order valence-corrected chi connectivity index (χ0v) is 14.4. The van der Waals surface area contributed by atoms with Gasteiger partial charge in [0.15, 0.2) is 0 Å². The van der Waals surface area contributed by atoms with Crippen LogP contribution in [-0.4, -0.2) is 27.8 Å².